The normalized spacial score (nSPS) is 9.83. The van der Waals surface area contributed by atoms with E-state index in [-0.39, 0.29) is 12.6 Å². The molecule has 6 heteroatoms. The monoisotopic (exact) mass is 194 g/mol. The SMILES string of the molecule is NNOC(=O)CCSCCCO. The summed E-state index contributed by atoms with van der Waals surface area (Å²) in [6.07, 6.45) is 1.09. The lowest BCUT2D eigenvalue weighted by molar-refractivity contribution is -0.150. The molecule has 0 aromatic rings. The number of aliphatic hydroxyl groups excluding tert-OH is 1. The molecule has 0 amide bonds. The number of nitrogens with one attached hydrogen (secondary N) is 1. The first-order valence-electron chi connectivity index (χ1n) is 3.65. The molecule has 72 valence electrons. The highest BCUT2D eigenvalue weighted by Gasteiger charge is 2.00. The first-order valence-corrected chi connectivity index (χ1v) is 4.80. The summed E-state index contributed by atoms with van der Waals surface area (Å²) in [5, 5.41) is 8.43. The molecule has 0 heterocycles. The molecular formula is C6H14N2O3S. The topological polar surface area (TPSA) is 84.6 Å². The van der Waals surface area contributed by atoms with Crippen LogP contribution in [0.15, 0.2) is 0 Å². The lowest BCUT2D eigenvalue weighted by Gasteiger charge is -2.00. The van der Waals surface area contributed by atoms with Gasteiger partial charge in [-0.1, -0.05) is 5.59 Å². The Morgan fingerprint density at radius 3 is 2.92 bits per heavy atom. The number of nitrogens with two attached hydrogens (primary N) is 1. The van der Waals surface area contributed by atoms with Crippen molar-refractivity contribution in [2.75, 3.05) is 18.1 Å². The van der Waals surface area contributed by atoms with Gasteiger partial charge in [0, 0.05) is 12.4 Å². The van der Waals surface area contributed by atoms with Crippen LogP contribution in [0, 0.1) is 0 Å². The van der Waals surface area contributed by atoms with Crippen LogP contribution >= 0.6 is 11.8 Å². The molecule has 0 saturated heterocycles. The van der Waals surface area contributed by atoms with Crippen LogP contribution in [0.3, 0.4) is 0 Å². The maximum atomic E-state index is 10.6. The first-order chi connectivity index (χ1) is 5.81. The molecular weight excluding hydrogens is 180 g/mol. The molecule has 0 saturated carbocycles. The highest BCUT2D eigenvalue weighted by Crippen LogP contribution is 2.04. The zero-order valence-electron chi connectivity index (χ0n) is 6.78. The summed E-state index contributed by atoms with van der Waals surface area (Å²) in [5.74, 6) is 5.94. The molecule has 0 radical (unpaired) electrons. The van der Waals surface area contributed by atoms with Gasteiger partial charge in [-0.3, -0.25) is 4.79 Å². The number of thioether (sulfide) groups is 1. The Balaban J connectivity index is 3.03. The predicted molar refractivity (Wildman–Crippen MR) is 47.1 cm³/mol. The van der Waals surface area contributed by atoms with Crippen LogP contribution in [0.4, 0.5) is 0 Å². The molecule has 12 heavy (non-hydrogen) atoms. The zero-order chi connectivity index (χ0) is 9.23. The molecule has 0 rings (SSSR count). The number of hydrogen-bond donors (Lipinski definition) is 3. The van der Waals surface area contributed by atoms with Gasteiger partial charge in [0.2, 0.25) is 0 Å². The van der Waals surface area contributed by atoms with E-state index < -0.39 is 0 Å². The van der Waals surface area contributed by atoms with Gasteiger partial charge in [-0.15, -0.1) is 0 Å². The fraction of sp³-hybridized carbons (Fsp3) is 0.833. The van der Waals surface area contributed by atoms with Gasteiger partial charge < -0.3 is 9.94 Å². The van der Waals surface area contributed by atoms with E-state index in [9.17, 15) is 4.79 Å². The predicted octanol–water partition coefficient (Wildman–Crippen LogP) is -0.586. The average Bonchev–Trinajstić information content (AvgIpc) is 2.05. The minimum Gasteiger partial charge on any atom is -0.396 e. The maximum Gasteiger partial charge on any atom is 0.327 e. The lowest BCUT2D eigenvalue weighted by Crippen LogP contribution is -2.26. The van der Waals surface area contributed by atoms with Crippen LogP contribution in [0.5, 0.6) is 0 Å². The van der Waals surface area contributed by atoms with Crippen molar-refractivity contribution >= 4 is 17.7 Å². The third-order valence-electron chi connectivity index (χ3n) is 1.07. The van der Waals surface area contributed by atoms with Gasteiger partial charge in [-0.05, 0) is 12.2 Å². The van der Waals surface area contributed by atoms with E-state index in [0.29, 0.717) is 12.2 Å². The second-order valence-corrected chi connectivity index (χ2v) is 3.26. The van der Waals surface area contributed by atoms with E-state index in [1.54, 1.807) is 11.8 Å². The number of carbonyl (C=O) groups is 1. The van der Waals surface area contributed by atoms with E-state index in [2.05, 4.69) is 4.84 Å². The van der Waals surface area contributed by atoms with Gasteiger partial charge in [0.1, 0.15) is 0 Å². The van der Waals surface area contributed by atoms with E-state index >= 15 is 0 Å². The van der Waals surface area contributed by atoms with Crippen LogP contribution in [0.25, 0.3) is 0 Å². The summed E-state index contributed by atoms with van der Waals surface area (Å²) in [5.41, 5.74) is 1.82. The van der Waals surface area contributed by atoms with Crippen molar-refractivity contribution in [3.63, 3.8) is 0 Å². The molecule has 0 atom stereocenters. The standard InChI is InChI=1S/C6H14N2O3S/c7-8-11-6(10)2-5-12-4-1-3-9/h8-9H,1-5,7H2. The van der Waals surface area contributed by atoms with Crippen LogP contribution in [-0.2, 0) is 9.63 Å². The van der Waals surface area contributed by atoms with Crippen molar-refractivity contribution in [3.05, 3.63) is 0 Å². The van der Waals surface area contributed by atoms with E-state index in [1.165, 1.54) is 0 Å². The van der Waals surface area contributed by atoms with Crippen molar-refractivity contribution in [1.29, 1.82) is 0 Å². The van der Waals surface area contributed by atoms with E-state index in [1.807, 2.05) is 5.59 Å². The number of rotatable bonds is 7. The smallest absolute Gasteiger partial charge is 0.327 e. The van der Waals surface area contributed by atoms with E-state index in [4.69, 9.17) is 10.9 Å². The van der Waals surface area contributed by atoms with Crippen LogP contribution in [0.1, 0.15) is 12.8 Å². The van der Waals surface area contributed by atoms with E-state index in [0.717, 1.165) is 12.2 Å². The second-order valence-electron chi connectivity index (χ2n) is 2.03. The second kappa shape index (κ2) is 8.79. The Morgan fingerprint density at radius 2 is 2.33 bits per heavy atom. The molecule has 4 N–H and O–H groups in total. The van der Waals surface area contributed by atoms with Crippen LogP contribution < -0.4 is 11.4 Å². The summed E-state index contributed by atoms with van der Waals surface area (Å²) < 4.78 is 0. The highest BCUT2D eigenvalue weighted by atomic mass is 32.2. The molecule has 0 unspecified atom stereocenters. The van der Waals surface area contributed by atoms with Crippen LogP contribution in [-0.4, -0.2) is 29.2 Å². The third kappa shape index (κ3) is 7.80. The van der Waals surface area contributed by atoms with Crippen LogP contribution in [0.2, 0.25) is 0 Å². The van der Waals surface area contributed by atoms with Crippen molar-refractivity contribution < 1.29 is 14.7 Å². The molecule has 0 aliphatic heterocycles. The Bertz CT molecular complexity index is 123. The highest BCUT2D eigenvalue weighted by molar-refractivity contribution is 7.99. The molecule has 0 fully saturated rings. The minimum absolute atomic E-state index is 0.196. The van der Waals surface area contributed by atoms with Crippen molar-refractivity contribution in [1.82, 2.24) is 5.59 Å². The number of hydrogen-bond acceptors (Lipinski definition) is 6. The van der Waals surface area contributed by atoms with Gasteiger partial charge in [0.25, 0.3) is 0 Å². The molecule has 0 aromatic heterocycles. The molecule has 0 aliphatic rings. The summed E-state index contributed by atoms with van der Waals surface area (Å²) in [7, 11) is 0. The summed E-state index contributed by atoms with van der Waals surface area (Å²) in [4.78, 5) is 14.9. The summed E-state index contributed by atoms with van der Waals surface area (Å²) >= 11 is 1.60. The van der Waals surface area contributed by atoms with Gasteiger partial charge >= 0.3 is 5.97 Å². The third-order valence-corrected chi connectivity index (χ3v) is 2.14. The summed E-state index contributed by atoms with van der Waals surface area (Å²) in [6, 6.07) is 0. The molecule has 5 nitrogen and oxygen atoms in total. The van der Waals surface area contributed by atoms with Gasteiger partial charge in [0.05, 0.1) is 6.42 Å². The van der Waals surface area contributed by atoms with Crippen molar-refractivity contribution in [3.8, 4) is 0 Å². The van der Waals surface area contributed by atoms with Crippen molar-refractivity contribution in [2.24, 2.45) is 5.84 Å². The first kappa shape index (κ1) is 11.7. The fourth-order valence-electron chi connectivity index (χ4n) is 0.541. The Kier molecular flexibility index (Phi) is 8.57. The lowest BCUT2D eigenvalue weighted by atomic mass is 10.5. The Hall–Kier alpha value is -0.300. The molecule has 0 aliphatic carbocycles. The molecule has 0 spiro atoms. The largest absolute Gasteiger partial charge is 0.396 e. The van der Waals surface area contributed by atoms with Gasteiger partial charge in [-0.25, -0.2) is 5.84 Å². The fourth-order valence-corrected chi connectivity index (χ4v) is 1.39. The minimum atomic E-state index is -0.367. The van der Waals surface area contributed by atoms with Gasteiger partial charge in [-0.2, -0.15) is 11.8 Å². The summed E-state index contributed by atoms with van der Waals surface area (Å²) in [6.45, 7) is 0.196. The quantitative estimate of drug-likeness (QED) is 0.285. The Labute approximate surface area is 75.6 Å². The zero-order valence-corrected chi connectivity index (χ0v) is 7.60. The number of carbonyl (C=O) groups excluding carboxylic acids is 1. The van der Waals surface area contributed by atoms with Gasteiger partial charge in [0.15, 0.2) is 0 Å². The maximum absolute atomic E-state index is 10.6. The number of hydrazine groups is 1. The average molecular weight is 194 g/mol. The van der Waals surface area contributed by atoms with Crippen molar-refractivity contribution in [2.45, 2.75) is 12.8 Å². The number of aliphatic hydroxyl groups is 1. The molecule has 0 aromatic carbocycles. The Morgan fingerprint density at radius 1 is 1.58 bits per heavy atom. The molecule has 0 bridgehead atoms.